The van der Waals surface area contributed by atoms with Gasteiger partial charge in [0, 0.05) is 16.2 Å². The minimum Gasteiger partial charge on any atom is -0.505 e. The molecule has 1 heterocycles. The summed E-state index contributed by atoms with van der Waals surface area (Å²) in [4.78, 5) is 0. The Morgan fingerprint density at radius 1 is 1.46 bits per heavy atom. The number of benzene rings is 1. The van der Waals surface area contributed by atoms with E-state index in [1.807, 2.05) is 0 Å². The number of thiophene rings is 1. The molecule has 0 aliphatic carbocycles. The monoisotopic (exact) mass is 198 g/mol. The molecule has 0 saturated heterocycles. The van der Waals surface area contributed by atoms with Crippen molar-refractivity contribution in [3.8, 4) is 10.8 Å². The molecule has 2 aromatic rings. The minimum atomic E-state index is -0.586. The molecule has 0 unspecified atom stereocenters. The first-order valence-electron chi connectivity index (χ1n) is 3.67. The van der Waals surface area contributed by atoms with Crippen molar-refractivity contribution in [3.05, 3.63) is 24.0 Å². The first kappa shape index (κ1) is 8.31. The van der Waals surface area contributed by atoms with Crippen LogP contribution in [0.15, 0.2) is 18.2 Å². The van der Waals surface area contributed by atoms with E-state index in [4.69, 9.17) is 9.84 Å². The van der Waals surface area contributed by atoms with E-state index < -0.39 is 5.82 Å². The molecule has 4 heteroatoms. The van der Waals surface area contributed by atoms with Crippen LogP contribution in [0.2, 0.25) is 0 Å². The van der Waals surface area contributed by atoms with Gasteiger partial charge < -0.3 is 9.84 Å². The van der Waals surface area contributed by atoms with E-state index in [1.54, 1.807) is 12.1 Å². The molecule has 0 atom stereocenters. The number of phenols is 1. The maximum absolute atomic E-state index is 13.2. The zero-order valence-corrected chi connectivity index (χ0v) is 7.69. The number of ether oxygens (including phenoxy) is 1. The average Bonchev–Trinajstić information content (AvgIpc) is 2.55. The summed E-state index contributed by atoms with van der Waals surface area (Å²) in [5.74, 6) is -0.912. The molecule has 13 heavy (non-hydrogen) atoms. The largest absolute Gasteiger partial charge is 0.505 e. The summed E-state index contributed by atoms with van der Waals surface area (Å²) < 4.78 is 19.0. The van der Waals surface area contributed by atoms with Gasteiger partial charge in [-0.05, 0) is 12.1 Å². The molecule has 1 aromatic carbocycles. The van der Waals surface area contributed by atoms with E-state index >= 15 is 0 Å². The lowest BCUT2D eigenvalue weighted by Crippen LogP contribution is -1.76. The van der Waals surface area contributed by atoms with Gasteiger partial charge in [-0.3, -0.25) is 0 Å². The second kappa shape index (κ2) is 2.88. The fourth-order valence-corrected chi connectivity index (χ4v) is 2.01. The summed E-state index contributed by atoms with van der Waals surface area (Å²) >= 11 is 1.35. The Kier molecular flexibility index (Phi) is 1.84. The molecule has 0 bridgehead atoms. The van der Waals surface area contributed by atoms with Gasteiger partial charge in [-0.25, -0.2) is 4.39 Å². The summed E-state index contributed by atoms with van der Waals surface area (Å²) in [5, 5.41) is 10.1. The van der Waals surface area contributed by atoms with Gasteiger partial charge in [0.2, 0.25) is 0 Å². The van der Waals surface area contributed by atoms with E-state index in [0.29, 0.717) is 10.4 Å². The number of hydrogen-bond acceptors (Lipinski definition) is 3. The van der Waals surface area contributed by atoms with Gasteiger partial charge in [0.05, 0.1) is 7.11 Å². The predicted octanol–water partition coefficient (Wildman–Crippen LogP) is 2.75. The molecule has 0 spiro atoms. The topological polar surface area (TPSA) is 29.5 Å². The van der Waals surface area contributed by atoms with Crippen LogP contribution in [0.4, 0.5) is 4.39 Å². The van der Waals surface area contributed by atoms with Crippen LogP contribution in [0, 0.1) is 5.82 Å². The molecular formula is C9H7FO2S. The first-order valence-corrected chi connectivity index (χ1v) is 4.49. The molecule has 0 aliphatic heterocycles. The van der Waals surface area contributed by atoms with Crippen molar-refractivity contribution in [1.82, 2.24) is 0 Å². The maximum atomic E-state index is 13.2. The maximum Gasteiger partial charge on any atom is 0.174 e. The van der Waals surface area contributed by atoms with Crippen molar-refractivity contribution in [1.29, 1.82) is 0 Å². The average molecular weight is 198 g/mol. The van der Waals surface area contributed by atoms with Gasteiger partial charge in [-0.1, -0.05) is 11.3 Å². The first-order chi connectivity index (χ1) is 6.22. The van der Waals surface area contributed by atoms with Gasteiger partial charge in [0.15, 0.2) is 16.6 Å². The van der Waals surface area contributed by atoms with Crippen LogP contribution in [0.3, 0.4) is 0 Å². The number of phenolic OH excluding ortho intramolecular Hbond substituents is 1. The second-order valence-electron chi connectivity index (χ2n) is 2.58. The minimum absolute atomic E-state index is 0.326. The van der Waals surface area contributed by atoms with E-state index in [0.717, 1.165) is 4.70 Å². The molecule has 2 rings (SSSR count). The Bertz CT molecular complexity index is 450. The van der Waals surface area contributed by atoms with Crippen molar-refractivity contribution in [3.63, 3.8) is 0 Å². The third-order valence-corrected chi connectivity index (χ3v) is 2.85. The molecule has 0 aliphatic rings. The van der Waals surface area contributed by atoms with Crippen LogP contribution < -0.4 is 4.74 Å². The highest BCUT2D eigenvalue weighted by molar-refractivity contribution is 7.20. The number of methoxy groups -OCH3 is 1. The molecule has 0 saturated carbocycles. The van der Waals surface area contributed by atoms with Crippen LogP contribution in [0.1, 0.15) is 0 Å². The van der Waals surface area contributed by atoms with Gasteiger partial charge >= 0.3 is 0 Å². The lowest BCUT2D eigenvalue weighted by atomic mass is 10.2. The predicted molar refractivity (Wildman–Crippen MR) is 50.0 cm³/mol. The van der Waals surface area contributed by atoms with Crippen molar-refractivity contribution in [2.45, 2.75) is 0 Å². The molecule has 1 aromatic heterocycles. The van der Waals surface area contributed by atoms with Crippen LogP contribution in [0.5, 0.6) is 10.8 Å². The number of fused-ring (bicyclic) bond motifs is 1. The highest BCUT2D eigenvalue weighted by atomic mass is 32.1. The van der Waals surface area contributed by atoms with E-state index in [2.05, 4.69) is 0 Å². The molecule has 2 nitrogen and oxygen atoms in total. The smallest absolute Gasteiger partial charge is 0.174 e. The zero-order chi connectivity index (χ0) is 9.42. The summed E-state index contributed by atoms with van der Waals surface area (Å²) in [7, 11) is 1.53. The molecule has 0 radical (unpaired) electrons. The quantitative estimate of drug-likeness (QED) is 0.763. The fraction of sp³-hybridized carbons (Fsp3) is 0.111. The SMILES string of the molecule is COc1cc2c(F)c(O)ccc2s1. The third-order valence-electron chi connectivity index (χ3n) is 1.79. The highest BCUT2D eigenvalue weighted by Gasteiger charge is 2.09. The van der Waals surface area contributed by atoms with Crippen molar-refractivity contribution in [2.75, 3.05) is 7.11 Å². The van der Waals surface area contributed by atoms with Crippen LogP contribution >= 0.6 is 11.3 Å². The van der Waals surface area contributed by atoms with Crippen molar-refractivity contribution in [2.24, 2.45) is 0 Å². The number of hydrogen-bond donors (Lipinski definition) is 1. The lowest BCUT2D eigenvalue weighted by molar-refractivity contribution is 0.426. The second-order valence-corrected chi connectivity index (χ2v) is 3.63. The van der Waals surface area contributed by atoms with Crippen molar-refractivity contribution >= 4 is 21.4 Å². The Balaban J connectivity index is 2.76. The summed E-state index contributed by atoms with van der Waals surface area (Å²) in [6, 6.07) is 4.59. The molecular weight excluding hydrogens is 191 g/mol. The molecule has 0 amide bonds. The summed E-state index contributed by atoms with van der Waals surface area (Å²) in [5.41, 5.74) is 0. The Morgan fingerprint density at radius 3 is 2.92 bits per heavy atom. The van der Waals surface area contributed by atoms with Crippen molar-refractivity contribution < 1.29 is 14.2 Å². The Labute approximate surface area is 78.2 Å². The Morgan fingerprint density at radius 2 is 2.23 bits per heavy atom. The van der Waals surface area contributed by atoms with E-state index in [9.17, 15) is 4.39 Å². The zero-order valence-electron chi connectivity index (χ0n) is 6.87. The summed E-state index contributed by atoms with van der Waals surface area (Å²) in [6.45, 7) is 0. The van der Waals surface area contributed by atoms with E-state index in [1.165, 1.54) is 24.5 Å². The molecule has 1 N–H and O–H groups in total. The molecule has 68 valence electrons. The van der Waals surface area contributed by atoms with Crippen LogP contribution in [0.25, 0.3) is 10.1 Å². The van der Waals surface area contributed by atoms with Crippen LogP contribution in [-0.4, -0.2) is 12.2 Å². The Hall–Kier alpha value is -1.29. The molecule has 0 fully saturated rings. The number of halogens is 1. The third kappa shape index (κ3) is 1.23. The standard InChI is InChI=1S/C9H7FO2S/c1-12-8-4-5-7(13-8)3-2-6(11)9(5)10/h2-4,11H,1H3. The fourth-order valence-electron chi connectivity index (χ4n) is 1.14. The number of rotatable bonds is 1. The van der Waals surface area contributed by atoms with Gasteiger partial charge in [0.25, 0.3) is 0 Å². The lowest BCUT2D eigenvalue weighted by Gasteiger charge is -1.94. The van der Waals surface area contributed by atoms with Crippen LogP contribution in [-0.2, 0) is 0 Å². The number of aromatic hydroxyl groups is 1. The normalized spacial score (nSPS) is 10.6. The summed E-state index contributed by atoms with van der Waals surface area (Å²) in [6.07, 6.45) is 0. The van der Waals surface area contributed by atoms with Gasteiger partial charge in [-0.2, -0.15) is 0 Å². The van der Waals surface area contributed by atoms with Gasteiger partial charge in [0.1, 0.15) is 0 Å². The van der Waals surface area contributed by atoms with E-state index in [-0.39, 0.29) is 5.75 Å². The highest BCUT2D eigenvalue weighted by Crippen LogP contribution is 2.35. The van der Waals surface area contributed by atoms with Gasteiger partial charge in [-0.15, -0.1) is 0 Å².